The molecule has 0 aliphatic rings. The quantitative estimate of drug-likeness (QED) is 0.239. The van der Waals surface area contributed by atoms with Gasteiger partial charge in [0.05, 0.1) is 0 Å². The highest BCUT2D eigenvalue weighted by atomic mass is 32.2. The predicted octanol–water partition coefficient (Wildman–Crippen LogP) is 2.20. The SMILES string of the molecule is CCCCCC[SiH3].[N-]=[N+]=NS(=O)(=O)N=[N+]=[N-]. The van der Waals surface area contributed by atoms with E-state index in [-0.39, 0.29) is 0 Å². The van der Waals surface area contributed by atoms with Crippen molar-refractivity contribution in [3.63, 3.8) is 0 Å². The second-order valence-electron chi connectivity index (χ2n) is 2.85. The summed E-state index contributed by atoms with van der Waals surface area (Å²) in [7, 11) is -2.86. The largest absolute Gasteiger partial charge is 0.321 e. The minimum Gasteiger partial charge on any atom is -0.213 e. The number of nitrogens with zero attached hydrogens (tertiary/aromatic N) is 6. The van der Waals surface area contributed by atoms with E-state index in [0.29, 0.717) is 0 Å². The zero-order chi connectivity index (χ0) is 12.9. The van der Waals surface area contributed by atoms with Crippen molar-refractivity contribution in [1.82, 2.24) is 0 Å². The highest BCUT2D eigenvalue weighted by Crippen LogP contribution is 1.99. The van der Waals surface area contributed by atoms with E-state index in [2.05, 4.69) is 16.0 Å². The molecule has 0 aromatic heterocycles. The molecule has 92 valence electrons. The van der Waals surface area contributed by atoms with Gasteiger partial charge in [0.25, 0.3) is 0 Å². The van der Waals surface area contributed by atoms with Gasteiger partial charge in [-0.2, -0.15) is 0 Å². The molecule has 0 aromatic rings. The van der Waals surface area contributed by atoms with Crippen molar-refractivity contribution in [2.45, 2.75) is 38.7 Å². The summed E-state index contributed by atoms with van der Waals surface area (Å²) in [5.41, 5.74) is 15.0. The van der Waals surface area contributed by atoms with Gasteiger partial charge in [0.15, 0.2) is 0 Å². The van der Waals surface area contributed by atoms with Crippen LogP contribution in [0.15, 0.2) is 9.04 Å². The minimum absolute atomic E-state index is 1.38. The normalized spacial score (nSPS) is 9.31. The van der Waals surface area contributed by atoms with Crippen LogP contribution in [-0.2, 0) is 10.2 Å². The van der Waals surface area contributed by atoms with Gasteiger partial charge in [-0.1, -0.05) is 38.7 Å². The van der Waals surface area contributed by atoms with Crippen LogP contribution >= 0.6 is 0 Å². The van der Waals surface area contributed by atoms with Crippen LogP contribution in [0.4, 0.5) is 0 Å². The zero-order valence-corrected chi connectivity index (χ0v) is 12.3. The third-order valence-electron chi connectivity index (χ3n) is 1.49. The lowest BCUT2D eigenvalue weighted by atomic mass is 10.2. The fourth-order valence-corrected chi connectivity index (χ4v) is 1.50. The Hall–Kier alpha value is -1.21. The molecular formula is C6H16N6O2SSi. The lowest BCUT2D eigenvalue weighted by Crippen LogP contribution is -1.82. The van der Waals surface area contributed by atoms with Crippen LogP contribution in [0, 0.1) is 0 Å². The van der Waals surface area contributed by atoms with Gasteiger partial charge in [0, 0.05) is 29.1 Å². The van der Waals surface area contributed by atoms with E-state index in [4.69, 9.17) is 11.1 Å². The van der Waals surface area contributed by atoms with E-state index in [1.807, 2.05) is 9.82 Å². The zero-order valence-electron chi connectivity index (χ0n) is 9.44. The monoisotopic (exact) mass is 264 g/mol. The van der Waals surface area contributed by atoms with Crippen LogP contribution in [-0.4, -0.2) is 18.7 Å². The van der Waals surface area contributed by atoms with Gasteiger partial charge in [0.2, 0.25) is 0 Å². The molecule has 0 N–H and O–H groups in total. The molecule has 0 unspecified atom stereocenters. The number of hydrogen-bond acceptors (Lipinski definition) is 2. The Morgan fingerprint density at radius 2 is 1.62 bits per heavy atom. The van der Waals surface area contributed by atoms with Crippen molar-refractivity contribution < 1.29 is 8.42 Å². The smallest absolute Gasteiger partial charge is 0.213 e. The molecule has 0 saturated carbocycles. The summed E-state index contributed by atoms with van der Waals surface area (Å²) in [6, 6.07) is 1.50. The first-order valence-electron chi connectivity index (χ1n) is 4.91. The molecule has 10 heteroatoms. The standard InChI is InChI=1S/C6H16Si.N6O2S/c1-2-3-4-5-6-7;1-3-5-9(7,8)6-4-2/h2-6H2,1,7H3;. The molecule has 0 radical (unpaired) electrons. The molecule has 0 aliphatic heterocycles. The van der Waals surface area contributed by atoms with Gasteiger partial charge in [0.1, 0.15) is 0 Å². The van der Waals surface area contributed by atoms with Crippen LogP contribution in [0.25, 0.3) is 20.9 Å². The van der Waals surface area contributed by atoms with E-state index in [1.54, 1.807) is 0 Å². The highest BCUT2D eigenvalue weighted by Gasteiger charge is 1.99. The van der Waals surface area contributed by atoms with Gasteiger partial charge in [-0.15, -0.1) is 0 Å². The fourth-order valence-electron chi connectivity index (χ4n) is 0.785. The number of azide groups is 1. The van der Waals surface area contributed by atoms with E-state index in [1.165, 1.54) is 42.0 Å². The van der Waals surface area contributed by atoms with Crippen molar-refractivity contribution >= 4 is 20.5 Å². The first-order valence-corrected chi connectivity index (χ1v) is 7.72. The molecule has 0 heterocycles. The summed E-state index contributed by atoms with van der Waals surface area (Å²) in [6.45, 7) is 2.26. The minimum atomic E-state index is -4.27. The summed E-state index contributed by atoms with van der Waals surface area (Å²) in [6.07, 6.45) is 5.78. The summed E-state index contributed by atoms with van der Waals surface area (Å²) >= 11 is 0. The Bertz CT molecular complexity index is 329. The Morgan fingerprint density at radius 3 is 1.94 bits per heavy atom. The summed E-state index contributed by atoms with van der Waals surface area (Å²) in [5.74, 6) is 0. The van der Waals surface area contributed by atoms with Crippen molar-refractivity contribution in [1.29, 1.82) is 0 Å². The third-order valence-corrected chi connectivity index (χ3v) is 2.75. The number of unbranched alkanes of at least 4 members (excludes halogenated alkanes) is 3. The Labute approximate surface area is 97.9 Å². The molecule has 0 atom stereocenters. The average molecular weight is 264 g/mol. The van der Waals surface area contributed by atoms with Gasteiger partial charge in [-0.05, 0) is 11.1 Å². The van der Waals surface area contributed by atoms with Crippen molar-refractivity contribution in [2.75, 3.05) is 0 Å². The van der Waals surface area contributed by atoms with Crippen LogP contribution in [0.2, 0.25) is 6.04 Å². The van der Waals surface area contributed by atoms with E-state index in [9.17, 15) is 8.42 Å². The molecule has 0 bridgehead atoms. The maximum absolute atomic E-state index is 9.99. The van der Waals surface area contributed by atoms with Crippen LogP contribution < -0.4 is 0 Å². The van der Waals surface area contributed by atoms with Crippen molar-refractivity contribution in [3.8, 4) is 0 Å². The third kappa shape index (κ3) is 15.3. The molecule has 0 saturated heterocycles. The molecule has 0 aromatic carbocycles. The van der Waals surface area contributed by atoms with Crippen LogP contribution in [0.3, 0.4) is 0 Å². The maximum atomic E-state index is 9.99. The lowest BCUT2D eigenvalue weighted by Gasteiger charge is -1.90. The van der Waals surface area contributed by atoms with Gasteiger partial charge in [-0.25, -0.2) is 8.42 Å². The van der Waals surface area contributed by atoms with Gasteiger partial charge < -0.3 is 0 Å². The maximum Gasteiger partial charge on any atom is 0.321 e. The Kier molecular flexibility index (Phi) is 12.7. The number of hydrogen-bond donors (Lipinski definition) is 0. The summed E-state index contributed by atoms with van der Waals surface area (Å²) < 4.78 is 24.3. The van der Waals surface area contributed by atoms with Crippen LogP contribution in [0.5, 0.6) is 0 Å². The molecule has 8 nitrogen and oxygen atoms in total. The highest BCUT2D eigenvalue weighted by molar-refractivity contribution is 7.88. The lowest BCUT2D eigenvalue weighted by molar-refractivity contribution is 0.599. The van der Waals surface area contributed by atoms with Gasteiger partial charge >= 0.3 is 10.2 Å². The predicted molar refractivity (Wildman–Crippen MR) is 66.1 cm³/mol. The molecule has 0 spiro atoms. The second-order valence-corrected chi connectivity index (χ2v) is 5.07. The van der Waals surface area contributed by atoms with Crippen LogP contribution in [0.1, 0.15) is 32.6 Å². The van der Waals surface area contributed by atoms with E-state index < -0.39 is 10.2 Å². The average Bonchev–Trinajstić information content (AvgIpc) is 2.19. The molecule has 16 heavy (non-hydrogen) atoms. The van der Waals surface area contributed by atoms with Gasteiger partial charge in [-0.3, -0.25) is 0 Å². The molecule has 0 amide bonds. The summed E-state index contributed by atoms with van der Waals surface area (Å²) in [5, 5.41) is 0. The Morgan fingerprint density at radius 1 is 1.12 bits per heavy atom. The first kappa shape index (κ1) is 17.2. The molecule has 0 fully saturated rings. The molecule has 0 aliphatic carbocycles. The molecule has 0 rings (SSSR count). The topological polar surface area (TPSA) is 132 Å². The fraction of sp³-hybridized carbons (Fsp3) is 1.00. The van der Waals surface area contributed by atoms with Crippen molar-refractivity contribution in [3.05, 3.63) is 20.9 Å². The second kappa shape index (κ2) is 11.9. The first-order chi connectivity index (χ1) is 7.54. The van der Waals surface area contributed by atoms with E-state index >= 15 is 0 Å². The van der Waals surface area contributed by atoms with Crippen molar-refractivity contribution in [2.24, 2.45) is 9.04 Å². The van der Waals surface area contributed by atoms with E-state index in [0.717, 1.165) is 0 Å². The Balaban J connectivity index is 0. The number of rotatable bonds is 6. The summed E-state index contributed by atoms with van der Waals surface area (Å²) in [4.78, 5) is 3.80. The molecular weight excluding hydrogens is 248 g/mol.